The van der Waals surface area contributed by atoms with Gasteiger partial charge in [0.1, 0.15) is 17.6 Å². The molecule has 1 amide bonds. The molecule has 0 radical (unpaired) electrons. The molecule has 0 unspecified atom stereocenters. The fourth-order valence-electron chi connectivity index (χ4n) is 3.51. The molecule has 16 heteroatoms. The van der Waals surface area contributed by atoms with Gasteiger partial charge in [-0.1, -0.05) is 0 Å². The lowest BCUT2D eigenvalue weighted by atomic mass is 10.0. The van der Waals surface area contributed by atoms with Crippen LogP contribution in [0.25, 0.3) is 5.95 Å². The number of halogens is 1. The molecule has 0 spiro atoms. The number of likely N-dealkylation sites (N-methyl/N-ethyl adjacent to an activating group) is 1. The topological polar surface area (TPSA) is 214 Å². The maximum absolute atomic E-state index is 15.9. The van der Waals surface area contributed by atoms with Gasteiger partial charge in [-0.15, -0.1) is 9.78 Å². The molecule has 6 N–H and O–H groups in total. The molecule has 226 valence electrons. The number of benzene rings is 2. The van der Waals surface area contributed by atoms with Gasteiger partial charge in [0.2, 0.25) is 0 Å². The zero-order valence-electron chi connectivity index (χ0n) is 23.7. The number of nitrogens with two attached hydrogens (primary N) is 1. The largest absolute Gasteiger partial charge is 0.497 e. The molecule has 4 rings (SSSR count). The smallest absolute Gasteiger partial charge is 0.350 e. The van der Waals surface area contributed by atoms with Crippen molar-refractivity contribution in [3.63, 3.8) is 0 Å². The van der Waals surface area contributed by atoms with Crippen LogP contribution in [0.2, 0.25) is 0 Å². The Morgan fingerprint density at radius 2 is 1.84 bits per heavy atom. The molecule has 4 aromatic rings. The number of nitrogens with zero attached hydrogens (tertiary/aromatic N) is 5. The Kier molecular flexibility index (Phi) is 10.5. The monoisotopic (exact) mass is 595 g/mol. The minimum Gasteiger partial charge on any atom is -0.497 e. The van der Waals surface area contributed by atoms with E-state index in [1.54, 1.807) is 44.4 Å². The van der Waals surface area contributed by atoms with Gasteiger partial charge in [-0.05, 0) is 36.4 Å². The van der Waals surface area contributed by atoms with Gasteiger partial charge < -0.3 is 30.5 Å². The van der Waals surface area contributed by atoms with Gasteiger partial charge in [0.15, 0.2) is 24.0 Å². The number of methoxy groups -OCH3 is 1. The first kappa shape index (κ1) is 31.7. The SMILES string of the molecule is CC(=O)O.COc1cc(OCC(=O)N(C)C)c(F)c([C@H](Nc2ccc(C(=N)N)cc2)c2nn(-c3ncccn3)c(=O)[nH]2)c1. The fraction of sp³-hybridized carbons (Fsp3) is 0.222. The Bertz CT molecular complexity index is 1640. The first-order chi connectivity index (χ1) is 20.4. The minimum atomic E-state index is -1.08. The van der Waals surface area contributed by atoms with Crippen LogP contribution in [0.4, 0.5) is 10.1 Å². The highest BCUT2D eigenvalue weighted by Crippen LogP contribution is 2.35. The number of carboxylic acid groups (broad SMARTS) is 1. The molecule has 1 atom stereocenters. The third kappa shape index (κ3) is 8.35. The number of aliphatic carboxylic acids is 1. The summed E-state index contributed by atoms with van der Waals surface area (Å²) in [4.78, 5) is 45.9. The Balaban J connectivity index is 0.00000119. The molecular formula is C27H30FN9O6. The second kappa shape index (κ2) is 14.2. The summed E-state index contributed by atoms with van der Waals surface area (Å²) in [6.07, 6.45) is 2.91. The minimum absolute atomic E-state index is 0.00664. The van der Waals surface area contributed by atoms with Gasteiger partial charge in [0.05, 0.1) is 7.11 Å². The number of H-pyrrole nitrogens is 1. The lowest BCUT2D eigenvalue weighted by Crippen LogP contribution is -2.27. The average Bonchev–Trinajstić information content (AvgIpc) is 3.36. The molecule has 2 aromatic carbocycles. The number of carbonyl (C=O) groups is 2. The summed E-state index contributed by atoms with van der Waals surface area (Å²) in [5.74, 6) is -2.05. The van der Waals surface area contributed by atoms with Gasteiger partial charge >= 0.3 is 5.69 Å². The predicted molar refractivity (Wildman–Crippen MR) is 153 cm³/mol. The van der Waals surface area contributed by atoms with Gasteiger partial charge in [0.25, 0.3) is 17.8 Å². The molecule has 0 aliphatic rings. The number of carboxylic acids is 1. The summed E-state index contributed by atoms with van der Waals surface area (Å²) in [5.41, 5.74) is 5.91. The van der Waals surface area contributed by atoms with Crippen molar-refractivity contribution < 1.29 is 28.6 Å². The quantitative estimate of drug-likeness (QED) is 0.131. The summed E-state index contributed by atoms with van der Waals surface area (Å²) < 4.78 is 27.7. The van der Waals surface area contributed by atoms with Crippen molar-refractivity contribution in [3.8, 4) is 17.4 Å². The molecule has 0 aliphatic heterocycles. The summed E-state index contributed by atoms with van der Waals surface area (Å²) in [5, 5.41) is 22.5. The van der Waals surface area contributed by atoms with E-state index in [0.29, 0.717) is 11.3 Å². The molecule has 15 nitrogen and oxygen atoms in total. The molecule has 0 saturated carbocycles. The Labute approximate surface area is 244 Å². The normalized spacial score (nSPS) is 11.0. The zero-order valence-corrected chi connectivity index (χ0v) is 23.7. The van der Waals surface area contributed by atoms with E-state index in [1.165, 1.54) is 36.5 Å². The average molecular weight is 596 g/mol. The number of nitrogen functional groups attached to an aromatic ring is 1. The van der Waals surface area contributed by atoms with E-state index in [0.717, 1.165) is 11.6 Å². The highest BCUT2D eigenvalue weighted by molar-refractivity contribution is 5.95. The number of anilines is 1. The molecule has 0 aliphatic carbocycles. The molecule has 43 heavy (non-hydrogen) atoms. The van der Waals surface area contributed by atoms with Crippen molar-refractivity contribution in [3.05, 3.63) is 88.1 Å². The lowest BCUT2D eigenvalue weighted by Gasteiger charge is -2.21. The van der Waals surface area contributed by atoms with Crippen LogP contribution in [-0.2, 0) is 9.59 Å². The van der Waals surface area contributed by atoms with Crippen LogP contribution < -0.4 is 26.2 Å². The summed E-state index contributed by atoms with van der Waals surface area (Å²) in [7, 11) is 4.51. The van der Waals surface area contributed by atoms with Crippen molar-refractivity contribution in [1.29, 1.82) is 5.41 Å². The van der Waals surface area contributed by atoms with Crippen LogP contribution in [0.1, 0.15) is 29.9 Å². The van der Waals surface area contributed by atoms with Crippen LogP contribution in [0, 0.1) is 11.2 Å². The number of amides is 1. The van der Waals surface area contributed by atoms with Crippen molar-refractivity contribution >= 4 is 23.4 Å². The Morgan fingerprint density at radius 3 is 2.40 bits per heavy atom. The van der Waals surface area contributed by atoms with E-state index in [-0.39, 0.29) is 40.6 Å². The molecule has 0 bridgehead atoms. The van der Waals surface area contributed by atoms with E-state index < -0.39 is 30.1 Å². The number of amidine groups is 1. The highest BCUT2D eigenvalue weighted by Gasteiger charge is 2.27. The molecule has 2 heterocycles. The second-order valence-electron chi connectivity index (χ2n) is 8.97. The second-order valence-corrected chi connectivity index (χ2v) is 8.97. The van der Waals surface area contributed by atoms with Gasteiger partial charge in [-0.25, -0.2) is 19.2 Å². The van der Waals surface area contributed by atoms with Crippen molar-refractivity contribution in [2.24, 2.45) is 5.73 Å². The predicted octanol–water partition coefficient (Wildman–Crippen LogP) is 1.54. The highest BCUT2D eigenvalue weighted by atomic mass is 19.1. The van der Waals surface area contributed by atoms with Crippen molar-refractivity contribution in [1.82, 2.24) is 29.6 Å². The fourth-order valence-corrected chi connectivity index (χ4v) is 3.51. The van der Waals surface area contributed by atoms with Gasteiger partial charge in [0, 0.05) is 56.3 Å². The van der Waals surface area contributed by atoms with Crippen molar-refractivity contribution in [2.45, 2.75) is 13.0 Å². The van der Waals surface area contributed by atoms with Crippen LogP contribution in [0.15, 0.2) is 59.7 Å². The number of nitrogens with one attached hydrogen (secondary N) is 3. The maximum Gasteiger partial charge on any atom is 0.350 e. The van der Waals surface area contributed by atoms with Crippen LogP contribution in [0.5, 0.6) is 11.5 Å². The summed E-state index contributed by atoms with van der Waals surface area (Å²) in [6, 6.07) is 9.77. The molecule has 2 aromatic heterocycles. The summed E-state index contributed by atoms with van der Waals surface area (Å²) in [6.45, 7) is 0.679. The maximum atomic E-state index is 15.9. The number of ether oxygens (including phenoxy) is 2. The van der Waals surface area contributed by atoms with E-state index in [9.17, 15) is 9.59 Å². The number of aromatic nitrogens is 5. The molecular weight excluding hydrogens is 565 g/mol. The van der Waals surface area contributed by atoms with E-state index in [1.807, 2.05) is 0 Å². The third-order valence-electron chi connectivity index (χ3n) is 5.59. The third-order valence-corrected chi connectivity index (χ3v) is 5.59. The van der Waals surface area contributed by atoms with E-state index in [4.69, 9.17) is 30.5 Å². The number of hydrogen-bond donors (Lipinski definition) is 5. The van der Waals surface area contributed by atoms with Crippen LogP contribution >= 0.6 is 0 Å². The van der Waals surface area contributed by atoms with E-state index >= 15 is 4.39 Å². The van der Waals surface area contributed by atoms with Crippen molar-refractivity contribution in [2.75, 3.05) is 33.1 Å². The first-order valence-electron chi connectivity index (χ1n) is 12.5. The Hall–Kier alpha value is -5.80. The first-order valence-corrected chi connectivity index (χ1v) is 12.5. The molecule has 0 fully saturated rings. The number of carbonyl (C=O) groups excluding carboxylic acids is 1. The van der Waals surface area contributed by atoms with E-state index in [2.05, 4.69) is 25.4 Å². The molecule has 0 saturated heterocycles. The summed E-state index contributed by atoms with van der Waals surface area (Å²) >= 11 is 0. The number of rotatable bonds is 10. The van der Waals surface area contributed by atoms with Crippen LogP contribution in [-0.4, -0.2) is 80.3 Å². The number of hydrogen-bond acceptors (Lipinski definition) is 10. The number of aromatic amines is 1. The lowest BCUT2D eigenvalue weighted by molar-refractivity contribution is -0.134. The Morgan fingerprint density at radius 1 is 1.21 bits per heavy atom. The zero-order chi connectivity index (χ0) is 31.7. The standard InChI is InChI=1S/C25H26FN9O4.C2H4O2/c1-34(2)19(36)13-39-18-12-16(38-3)11-17(20(18)26)21(31-15-7-5-14(6-8-15)22(27)28)23-32-25(37)35(33-23)24-29-9-4-10-30-24;1-2(3)4/h4-12,21,31H,13H2,1-3H3,(H3,27,28)(H,32,33,37);1H3,(H,3,4)/t21-;/m0./s1. The van der Waals surface area contributed by atoms with Crippen LogP contribution in [0.3, 0.4) is 0 Å². The van der Waals surface area contributed by atoms with Gasteiger partial charge in [-0.2, -0.15) is 0 Å². The van der Waals surface area contributed by atoms with Gasteiger partial charge in [-0.3, -0.25) is 20.0 Å².